The van der Waals surface area contributed by atoms with E-state index in [-0.39, 0.29) is 12.1 Å². The summed E-state index contributed by atoms with van der Waals surface area (Å²) in [7, 11) is -3.48. The summed E-state index contributed by atoms with van der Waals surface area (Å²) in [6.45, 7) is 7.53. The molecule has 0 N–H and O–H groups in total. The molecule has 0 unspecified atom stereocenters. The van der Waals surface area contributed by atoms with Gasteiger partial charge in [-0.15, -0.1) is 0 Å². The van der Waals surface area contributed by atoms with Crippen molar-refractivity contribution in [3.8, 4) is 11.3 Å². The molecule has 2 aromatic rings. The Hall–Kier alpha value is -1.59. The van der Waals surface area contributed by atoms with E-state index in [1.807, 2.05) is 33.8 Å². The van der Waals surface area contributed by atoms with Crippen LogP contribution in [0.15, 0.2) is 52.0 Å². The number of hydrogen-bond donors (Lipinski definition) is 0. The van der Waals surface area contributed by atoms with Crippen LogP contribution in [0.3, 0.4) is 0 Å². The first kappa shape index (κ1) is 15.8. The van der Waals surface area contributed by atoms with Gasteiger partial charge in [-0.1, -0.05) is 0 Å². The third-order valence-corrected chi connectivity index (χ3v) is 5.52. The van der Waals surface area contributed by atoms with Crippen LogP contribution in [-0.2, 0) is 10.0 Å². The lowest BCUT2D eigenvalue weighted by Gasteiger charge is -2.29. The van der Waals surface area contributed by atoms with Gasteiger partial charge in [-0.25, -0.2) is 8.42 Å². The summed E-state index contributed by atoms with van der Waals surface area (Å²) in [5, 5.41) is 0. The number of benzene rings is 1. The van der Waals surface area contributed by atoms with Crippen LogP contribution in [0.5, 0.6) is 0 Å². The van der Waals surface area contributed by atoms with Crippen molar-refractivity contribution in [2.24, 2.45) is 0 Å². The quantitative estimate of drug-likeness (QED) is 0.845. The van der Waals surface area contributed by atoms with Gasteiger partial charge in [0.05, 0.1) is 11.2 Å². The van der Waals surface area contributed by atoms with Crippen LogP contribution >= 0.6 is 0 Å². The van der Waals surface area contributed by atoms with E-state index in [1.54, 1.807) is 36.6 Å². The SMILES string of the molecule is CC(C)N(C(C)C)S(=O)(=O)c1ccc(-c2ccco2)cc1. The summed E-state index contributed by atoms with van der Waals surface area (Å²) >= 11 is 0. The molecule has 0 fully saturated rings. The second-order valence-corrected chi connectivity index (χ2v) is 7.37. The van der Waals surface area contributed by atoms with Gasteiger partial charge in [0.15, 0.2) is 0 Å². The Bertz CT molecular complexity index is 663. The first-order chi connectivity index (χ1) is 9.84. The fourth-order valence-electron chi connectivity index (χ4n) is 2.51. The van der Waals surface area contributed by atoms with E-state index in [4.69, 9.17) is 4.42 Å². The number of furan rings is 1. The summed E-state index contributed by atoms with van der Waals surface area (Å²) in [6.07, 6.45) is 1.60. The van der Waals surface area contributed by atoms with E-state index in [0.717, 1.165) is 11.3 Å². The van der Waals surface area contributed by atoms with Gasteiger partial charge < -0.3 is 4.42 Å². The van der Waals surface area contributed by atoms with Crippen LogP contribution < -0.4 is 0 Å². The second kappa shape index (κ2) is 6.03. The van der Waals surface area contributed by atoms with Crippen molar-refractivity contribution < 1.29 is 12.8 Å². The van der Waals surface area contributed by atoms with Gasteiger partial charge in [0.2, 0.25) is 10.0 Å². The molecule has 1 aromatic carbocycles. The Balaban J connectivity index is 2.37. The average molecular weight is 307 g/mol. The van der Waals surface area contributed by atoms with Crippen LogP contribution in [0.2, 0.25) is 0 Å². The molecule has 4 nitrogen and oxygen atoms in total. The van der Waals surface area contributed by atoms with Gasteiger partial charge in [0.25, 0.3) is 0 Å². The van der Waals surface area contributed by atoms with Crippen molar-refractivity contribution in [1.82, 2.24) is 4.31 Å². The topological polar surface area (TPSA) is 50.5 Å². The maximum atomic E-state index is 12.7. The smallest absolute Gasteiger partial charge is 0.243 e. The molecule has 1 aromatic heterocycles. The lowest BCUT2D eigenvalue weighted by molar-refractivity contribution is 0.302. The van der Waals surface area contributed by atoms with Gasteiger partial charge in [-0.2, -0.15) is 4.31 Å². The normalized spacial score (nSPS) is 12.5. The number of nitrogens with zero attached hydrogens (tertiary/aromatic N) is 1. The van der Waals surface area contributed by atoms with Gasteiger partial charge in [-0.05, 0) is 64.1 Å². The Morgan fingerprint density at radius 1 is 0.952 bits per heavy atom. The minimum Gasteiger partial charge on any atom is -0.464 e. The highest BCUT2D eigenvalue weighted by molar-refractivity contribution is 7.89. The van der Waals surface area contributed by atoms with Crippen LogP contribution in [0.1, 0.15) is 27.7 Å². The Morgan fingerprint density at radius 2 is 1.52 bits per heavy atom. The molecule has 0 saturated carbocycles. The number of rotatable bonds is 5. The summed E-state index contributed by atoms with van der Waals surface area (Å²) < 4.78 is 32.3. The standard InChI is InChI=1S/C16H21NO3S/c1-12(2)17(13(3)4)21(18,19)15-9-7-14(8-10-15)16-6-5-11-20-16/h5-13H,1-4H3. The number of hydrogen-bond acceptors (Lipinski definition) is 3. The zero-order chi connectivity index (χ0) is 15.6. The highest BCUT2D eigenvalue weighted by Gasteiger charge is 2.29. The van der Waals surface area contributed by atoms with E-state index >= 15 is 0 Å². The first-order valence-electron chi connectivity index (χ1n) is 7.01. The fraction of sp³-hybridized carbons (Fsp3) is 0.375. The van der Waals surface area contributed by atoms with E-state index in [1.165, 1.54) is 4.31 Å². The van der Waals surface area contributed by atoms with Crippen LogP contribution in [0.4, 0.5) is 0 Å². The molecule has 0 radical (unpaired) electrons. The Labute approximate surface area is 126 Å². The largest absolute Gasteiger partial charge is 0.464 e. The van der Waals surface area contributed by atoms with E-state index in [2.05, 4.69) is 0 Å². The van der Waals surface area contributed by atoms with Crippen molar-refractivity contribution in [1.29, 1.82) is 0 Å². The molecule has 114 valence electrons. The second-order valence-electron chi connectivity index (χ2n) is 5.52. The molecule has 0 atom stereocenters. The van der Waals surface area contributed by atoms with E-state index < -0.39 is 10.0 Å². The van der Waals surface area contributed by atoms with Crippen LogP contribution in [0.25, 0.3) is 11.3 Å². The lowest BCUT2D eigenvalue weighted by atomic mass is 10.2. The highest BCUT2D eigenvalue weighted by Crippen LogP contribution is 2.25. The van der Waals surface area contributed by atoms with Gasteiger partial charge in [0.1, 0.15) is 5.76 Å². The predicted octanol–water partition coefficient (Wildman–Crippen LogP) is 3.75. The minimum atomic E-state index is -3.48. The molecule has 0 saturated heterocycles. The fourth-order valence-corrected chi connectivity index (χ4v) is 4.34. The van der Waals surface area contributed by atoms with Crippen LogP contribution in [-0.4, -0.2) is 24.8 Å². The van der Waals surface area contributed by atoms with Crippen molar-refractivity contribution in [2.45, 2.75) is 44.7 Å². The number of sulfonamides is 1. The molecule has 2 rings (SSSR count). The average Bonchev–Trinajstić information content (AvgIpc) is 2.91. The zero-order valence-corrected chi connectivity index (χ0v) is 13.6. The molecule has 0 aliphatic heterocycles. The molecular weight excluding hydrogens is 286 g/mol. The Morgan fingerprint density at radius 3 is 1.95 bits per heavy atom. The van der Waals surface area contributed by atoms with Crippen LogP contribution in [0, 0.1) is 0 Å². The molecule has 0 bridgehead atoms. The molecule has 5 heteroatoms. The van der Waals surface area contributed by atoms with Crippen molar-refractivity contribution in [3.05, 3.63) is 42.7 Å². The monoisotopic (exact) mass is 307 g/mol. The molecule has 0 aliphatic carbocycles. The zero-order valence-electron chi connectivity index (χ0n) is 12.8. The van der Waals surface area contributed by atoms with Gasteiger partial charge in [0, 0.05) is 17.6 Å². The lowest BCUT2D eigenvalue weighted by Crippen LogP contribution is -2.41. The van der Waals surface area contributed by atoms with Crippen molar-refractivity contribution >= 4 is 10.0 Å². The summed E-state index contributed by atoms with van der Waals surface area (Å²) in [6, 6.07) is 10.3. The first-order valence-corrected chi connectivity index (χ1v) is 8.45. The third kappa shape index (κ3) is 3.19. The molecular formula is C16H21NO3S. The summed E-state index contributed by atoms with van der Waals surface area (Å²) in [4.78, 5) is 0.306. The summed E-state index contributed by atoms with van der Waals surface area (Å²) in [5.41, 5.74) is 0.861. The van der Waals surface area contributed by atoms with Gasteiger partial charge >= 0.3 is 0 Å². The van der Waals surface area contributed by atoms with Gasteiger partial charge in [-0.3, -0.25) is 0 Å². The Kier molecular flexibility index (Phi) is 4.54. The highest BCUT2D eigenvalue weighted by atomic mass is 32.2. The summed E-state index contributed by atoms with van der Waals surface area (Å²) in [5.74, 6) is 0.725. The third-order valence-electron chi connectivity index (χ3n) is 3.25. The molecule has 0 amide bonds. The van der Waals surface area contributed by atoms with E-state index in [0.29, 0.717) is 4.90 Å². The molecule has 0 spiro atoms. The van der Waals surface area contributed by atoms with Crippen molar-refractivity contribution in [3.63, 3.8) is 0 Å². The van der Waals surface area contributed by atoms with Crippen molar-refractivity contribution in [2.75, 3.05) is 0 Å². The predicted molar refractivity (Wildman–Crippen MR) is 83.4 cm³/mol. The van der Waals surface area contributed by atoms with E-state index in [9.17, 15) is 8.42 Å². The maximum Gasteiger partial charge on any atom is 0.243 e. The molecule has 21 heavy (non-hydrogen) atoms. The maximum absolute atomic E-state index is 12.7. The molecule has 1 heterocycles. The minimum absolute atomic E-state index is 0.0836. The molecule has 0 aliphatic rings.